The summed E-state index contributed by atoms with van der Waals surface area (Å²) in [4.78, 5) is 23.7. The Morgan fingerprint density at radius 1 is 1.19 bits per heavy atom. The fraction of sp³-hybridized carbons (Fsp3) is 0.500. The SMILES string of the molecule is Cc1cc(C)cc(C(NC(=O)C2CCOCC2)C(=O)O)c1. The summed E-state index contributed by atoms with van der Waals surface area (Å²) in [5.41, 5.74) is 2.58. The van der Waals surface area contributed by atoms with E-state index < -0.39 is 12.0 Å². The first-order valence-corrected chi connectivity index (χ1v) is 7.16. The average Bonchev–Trinajstić information content (AvgIpc) is 2.44. The zero-order valence-corrected chi connectivity index (χ0v) is 12.4. The number of hydrogen-bond donors (Lipinski definition) is 2. The smallest absolute Gasteiger partial charge is 0.330 e. The second-order valence-corrected chi connectivity index (χ2v) is 5.59. The van der Waals surface area contributed by atoms with Gasteiger partial charge in [0.1, 0.15) is 0 Å². The third kappa shape index (κ3) is 4.04. The number of nitrogens with one attached hydrogen (secondary N) is 1. The van der Waals surface area contributed by atoms with Gasteiger partial charge in [0.05, 0.1) is 0 Å². The van der Waals surface area contributed by atoms with Crippen LogP contribution in [0.25, 0.3) is 0 Å². The normalized spacial score (nSPS) is 17.2. The Hall–Kier alpha value is -1.88. The van der Waals surface area contributed by atoms with E-state index in [-0.39, 0.29) is 11.8 Å². The predicted octanol–water partition coefficient (Wildman–Crippen LogP) is 1.97. The number of hydrogen-bond acceptors (Lipinski definition) is 3. The molecule has 114 valence electrons. The van der Waals surface area contributed by atoms with Crippen LogP contribution in [-0.2, 0) is 14.3 Å². The van der Waals surface area contributed by atoms with E-state index in [0.29, 0.717) is 31.6 Å². The number of ether oxygens (including phenoxy) is 1. The number of aryl methyl sites for hydroxylation is 2. The third-order valence-corrected chi connectivity index (χ3v) is 3.70. The number of aliphatic carboxylic acids is 1. The van der Waals surface area contributed by atoms with Crippen LogP contribution in [0.3, 0.4) is 0 Å². The molecule has 0 spiro atoms. The maximum atomic E-state index is 12.2. The van der Waals surface area contributed by atoms with Crippen LogP contribution in [0.5, 0.6) is 0 Å². The lowest BCUT2D eigenvalue weighted by Gasteiger charge is -2.24. The Balaban J connectivity index is 2.15. The van der Waals surface area contributed by atoms with E-state index in [1.54, 1.807) is 12.1 Å². The lowest BCUT2D eigenvalue weighted by Crippen LogP contribution is -2.39. The van der Waals surface area contributed by atoms with Gasteiger partial charge in [-0.1, -0.05) is 29.3 Å². The van der Waals surface area contributed by atoms with Crippen LogP contribution >= 0.6 is 0 Å². The predicted molar refractivity (Wildman–Crippen MR) is 78.0 cm³/mol. The highest BCUT2D eigenvalue weighted by Gasteiger charge is 2.28. The fourth-order valence-electron chi connectivity index (χ4n) is 2.68. The quantitative estimate of drug-likeness (QED) is 0.889. The lowest BCUT2D eigenvalue weighted by molar-refractivity contribution is -0.143. The van der Waals surface area contributed by atoms with Crippen molar-refractivity contribution in [1.29, 1.82) is 0 Å². The molecule has 0 radical (unpaired) electrons. The maximum absolute atomic E-state index is 12.2. The van der Waals surface area contributed by atoms with Crippen molar-refractivity contribution in [3.05, 3.63) is 34.9 Å². The zero-order valence-electron chi connectivity index (χ0n) is 12.4. The van der Waals surface area contributed by atoms with Gasteiger partial charge in [0, 0.05) is 19.1 Å². The summed E-state index contributed by atoms with van der Waals surface area (Å²) in [5.74, 6) is -1.41. The molecule has 1 heterocycles. The highest BCUT2D eigenvalue weighted by molar-refractivity contribution is 5.86. The van der Waals surface area contributed by atoms with Gasteiger partial charge in [-0.25, -0.2) is 4.79 Å². The molecule has 1 atom stereocenters. The topological polar surface area (TPSA) is 75.6 Å². The van der Waals surface area contributed by atoms with Crippen molar-refractivity contribution in [3.63, 3.8) is 0 Å². The minimum absolute atomic E-state index is 0.161. The van der Waals surface area contributed by atoms with E-state index >= 15 is 0 Å². The van der Waals surface area contributed by atoms with Crippen molar-refractivity contribution in [1.82, 2.24) is 5.32 Å². The Labute approximate surface area is 124 Å². The minimum atomic E-state index is -1.04. The first kappa shape index (κ1) is 15.5. The molecule has 21 heavy (non-hydrogen) atoms. The largest absolute Gasteiger partial charge is 0.479 e. The minimum Gasteiger partial charge on any atom is -0.479 e. The van der Waals surface area contributed by atoms with Crippen LogP contribution in [-0.4, -0.2) is 30.2 Å². The van der Waals surface area contributed by atoms with Gasteiger partial charge in [0.2, 0.25) is 5.91 Å². The molecule has 1 aromatic carbocycles. The Kier molecular flexibility index (Phi) is 4.96. The van der Waals surface area contributed by atoms with Gasteiger partial charge < -0.3 is 15.2 Å². The molecular formula is C16H21NO4. The summed E-state index contributed by atoms with van der Waals surface area (Å²) in [7, 11) is 0. The average molecular weight is 291 g/mol. The van der Waals surface area contributed by atoms with Crippen LogP contribution in [0.15, 0.2) is 18.2 Å². The Morgan fingerprint density at radius 3 is 2.29 bits per heavy atom. The molecular weight excluding hydrogens is 270 g/mol. The number of carboxylic acids is 1. The first-order valence-electron chi connectivity index (χ1n) is 7.16. The van der Waals surface area contributed by atoms with Crippen LogP contribution in [0.1, 0.15) is 35.6 Å². The molecule has 2 N–H and O–H groups in total. The number of carboxylic acid groups (broad SMARTS) is 1. The number of carbonyl (C=O) groups is 2. The molecule has 5 heteroatoms. The van der Waals surface area contributed by atoms with Gasteiger partial charge in [-0.05, 0) is 32.3 Å². The van der Waals surface area contributed by atoms with Crippen LogP contribution < -0.4 is 5.32 Å². The lowest BCUT2D eigenvalue weighted by atomic mass is 9.97. The molecule has 1 fully saturated rings. The van der Waals surface area contributed by atoms with Crippen molar-refractivity contribution >= 4 is 11.9 Å². The molecule has 1 aliphatic heterocycles. The van der Waals surface area contributed by atoms with E-state index in [2.05, 4.69) is 5.32 Å². The number of benzene rings is 1. The molecule has 0 bridgehead atoms. The highest BCUT2D eigenvalue weighted by Crippen LogP contribution is 2.20. The second-order valence-electron chi connectivity index (χ2n) is 5.59. The fourth-order valence-corrected chi connectivity index (χ4v) is 2.68. The maximum Gasteiger partial charge on any atom is 0.330 e. The van der Waals surface area contributed by atoms with Gasteiger partial charge in [0.15, 0.2) is 6.04 Å². The van der Waals surface area contributed by atoms with Crippen molar-refractivity contribution in [2.45, 2.75) is 32.7 Å². The third-order valence-electron chi connectivity index (χ3n) is 3.70. The summed E-state index contributed by atoms with van der Waals surface area (Å²) in [6.45, 7) is 4.93. The van der Waals surface area contributed by atoms with E-state index in [9.17, 15) is 14.7 Å². The number of amides is 1. The van der Waals surface area contributed by atoms with Gasteiger partial charge >= 0.3 is 5.97 Å². The molecule has 1 amide bonds. The Morgan fingerprint density at radius 2 is 1.76 bits per heavy atom. The molecule has 1 saturated heterocycles. The van der Waals surface area contributed by atoms with E-state index in [0.717, 1.165) is 11.1 Å². The molecule has 0 aliphatic carbocycles. The summed E-state index contributed by atoms with van der Waals surface area (Å²) in [5, 5.41) is 12.1. The van der Waals surface area contributed by atoms with E-state index in [1.165, 1.54) is 0 Å². The summed E-state index contributed by atoms with van der Waals surface area (Å²) in [6, 6.07) is 4.58. The van der Waals surface area contributed by atoms with Gasteiger partial charge in [-0.3, -0.25) is 4.79 Å². The van der Waals surface area contributed by atoms with Crippen molar-refractivity contribution in [2.75, 3.05) is 13.2 Å². The van der Waals surface area contributed by atoms with Crippen molar-refractivity contribution in [3.8, 4) is 0 Å². The summed E-state index contributed by atoms with van der Waals surface area (Å²) in [6.07, 6.45) is 1.29. The summed E-state index contributed by atoms with van der Waals surface area (Å²) >= 11 is 0. The van der Waals surface area contributed by atoms with Gasteiger partial charge in [-0.2, -0.15) is 0 Å². The molecule has 0 saturated carbocycles. The second kappa shape index (κ2) is 6.72. The van der Waals surface area contributed by atoms with Gasteiger partial charge in [0.25, 0.3) is 0 Å². The van der Waals surface area contributed by atoms with Crippen molar-refractivity contribution < 1.29 is 19.4 Å². The molecule has 1 aliphatic rings. The van der Waals surface area contributed by atoms with Crippen LogP contribution in [0.2, 0.25) is 0 Å². The standard InChI is InChI=1S/C16H21NO4/c1-10-7-11(2)9-13(8-10)14(16(19)20)17-15(18)12-3-5-21-6-4-12/h7-9,12,14H,3-6H2,1-2H3,(H,17,18)(H,19,20). The first-order chi connectivity index (χ1) is 9.97. The number of carbonyl (C=O) groups excluding carboxylic acids is 1. The molecule has 1 aromatic rings. The van der Waals surface area contributed by atoms with Crippen LogP contribution in [0.4, 0.5) is 0 Å². The zero-order chi connectivity index (χ0) is 15.4. The molecule has 2 rings (SSSR count). The van der Waals surface area contributed by atoms with Gasteiger partial charge in [-0.15, -0.1) is 0 Å². The molecule has 0 aromatic heterocycles. The Bertz CT molecular complexity index is 515. The van der Waals surface area contributed by atoms with Crippen LogP contribution in [0, 0.1) is 19.8 Å². The van der Waals surface area contributed by atoms with E-state index in [4.69, 9.17) is 4.74 Å². The number of rotatable bonds is 4. The molecule has 1 unspecified atom stereocenters. The van der Waals surface area contributed by atoms with E-state index in [1.807, 2.05) is 19.9 Å². The summed E-state index contributed by atoms with van der Waals surface area (Å²) < 4.78 is 5.22. The van der Waals surface area contributed by atoms with Crippen molar-refractivity contribution in [2.24, 2.45) is 5.92 Å². The molecule has 5 nitrogen and oxygen atoms in total. The monoisotopic (exact) mass is 291 g/mol. The highest BCUT2D eigenvalue weighted by atomic mass is 16.5.